The molecule has 2 saturated heterocycles. The predicted molar refractivity (Wildman–Crippen MR) is 162 cm³/mol. The molecule has 0 radical (unpaired) electrons. The van der Waals surface area contributed by atoms with E-state index in [1.165, 1.54) is 36.1 Å². The van der Waals surface area contributed by atoms with Crippen LogP contribution in [-0.4, -0.2) is 67.1 Å². The van der Waals surface area contributed by atoms with E-state index in [0.717, 1.165) is 93.1 Å². The second-order valence-corrected chi connectivity index (χ2v) is 12.6. The Labute approximate surface area is 248 Å². The maximum absolute atomic E-state index is 13.7. The first kappa shape index (κ1) is 28.7. The van der Waals surface area contributed by atoms with Crippen molar-refractivity contribution in [3.8, 4) is 16.9 Å². The Balaban J connectivity index is 1.12. The van der Waals surface area contributed by atoms with Crippen LogP contribution >= 0.6 is 0 Å². The van der Waals surface area contributed by atoms with Crippen molar-refractivity contribution in [1.82, 2.24) is 9.80 Å². The monoisotopic (exact) mass is 575 g/mol. The summed E-state index contributed by atoms with van der Waals surface area (Å²) in [5.74, 6) is 1.51. The third-order valence-electron chi connectivity index (χ3n) is 9.46. The molecule has 1 spiro atoms. The molecule has 0 atom stereocenters. The Hall–Kier alpha value is -3.39. The fraction of sp³-hybridized carbons (Fsp3) is 0.529. The second-order valence-electron chi connectivity index (χ2n) is 12.6. The molecule has 2 fully saturated rings. The van der Waals surface area contributed by atoms with Gasteiger partial charge in [-0.1, -0.05) is 23.4 Å². The number of likely N-dealkylation sites (tertiary alicyclic amines) is 2. The number of ether oxygens (including phenoxy) is 2. The fourth-order valence-electron chi connectivity index (χ4n) is 6.89. The highest BCUT2D eigenvalue weighted by Gasteiger charge is 2.51. The number of carbonyl (C=O) groups is 1. The molecule has 3 heterocycles. The molecule has 0 saturated carbocycles. The number of methoxy groups -OCH3 is 1. The minimum absolute atomic E-state index is 0.0931. The maximum Gasteiger partial charge on any atom is 0.311 e. The molecule has 6 rings (SSSR count). The van der Waals surface area contributed by atoms with Crippen molar-refractivity contribution in [2.75, 3.05) is 39.9 Å². The van der Waals surface area contributed by atoms with Gasteiger partial charge in [0.15, 0.2) is 5.60 Å². The molecule has 4 aliphatic rings. The number of piperidine rings is 1. The van der Waals surface area contributed by atoms with Gasteiger partial charge < -0.3 is 19.2 Å². The van der Waals surface area contributed by atoms with Gasteiger partial charge in [0.1, 0.15) is 17.4 Å². The summed E-state index contributed by atoms with van der Waals surface area (Å²) in [6, 6.07) is 11.2. The van der Waals surface area contributed by atoms with Gasteiger partial charge in [-0.15, -0.1) is 0 Å². The molecule has 0 bridgehead atoms. The largest absolute Gasteiger partial charge is 0.496 e. The summed E-state index contributed by atoms with van der Waals surface area (Å²) in [4.78, 5) is 23.1. The van der Waals surface area contributed by atoms with Crippen LogP contribution in [0.15, 0.2) is 47.6 Å². The van der Waals surface area contributed by atoms with Crippen molar-refractivity contribution in [3.05, 3.63) is 59.4 Å². The number of halogens is 1. The lowest BCUT2D eigenvalue weighted by atomic mass is 9.80. The fourth-order valence-corrected chi connectivity index (χ4v) is 6.89. The third-order valence-corrected chi connectivity index (χ3v) is 9.46. The number of hydrogen-bond acceptors (Lipinski definition) is 7. The highest BCUT2D eigenvalue weighted by molar-refractivity contribution is 5.85. The van der Waals surface area contributed by atoms with Crippen LogP contribution in [0.4, 0.5) is 4.39 Å². The molecule has 0 unspecified atom stereocenters. The van der Waals surface area contributed by atoms with Crippen molar-refractivity contribution in [1.29, 1.82) is 0 Å². The molecule has 0 N–H and O–H groups in total. The summed E-state index contributed by atoms with van der Waals surface area (Å²) in [6.07, 6.45) is 9.22. The van der Waals surface area contributed by atoms with Crippen LogP contribution in [-0.2, 0) is 20.9 Å². The number of carbonyl (C=O) groups excluding carboxylic acids is 1. The topological polar surface area (TPSA) is 63.6 Å². The minimum atomic E-state index is -0.421. The van der Waals surface area contributed by atoms with Crippen LogP contribution < -0.4 is 4.74 Å². The zero-order chi connectivity index (χ0) is 29.3. The van der Waals surface area contributed by atoms with E-state index in [0.29, 0.717) is 6.61 Å². The Morgan fingerprint density at radius 2 is 1.86 bits per heavy atom. The molecule has 224 valence electrons. The molecule has 8 heteroatoms. The van der Waals surface area contributed by atoms with E-state index in [4.69, 9.17) is 14.3 Å². The van der Waals surface area contributed by atoms with Crippen LogP contribution in [0.1, 0.15) is 69.9 Å². The van der Waals surface area contributed by atoms with Crippen molar-refractivity contribution in [2.45, 2.75) is 70.9 Å². The van der Waals surface area contributed by atoms with Crippen molar-refractivity contribution < 1.29 is 23.5 Å². The van der Waals surface area contributed by atoms with Crippen LogP contribution in [0.25, 0.3) is 16.7 Å². The van der Waals surface area contributed by atoms with Gasteiger partial charge in [-0.3, -0.25) is 9.69 Å². The lowest BCUT2D eigenvalue weighted by Crippen LogP contribution is -2.61. The van der Waals surface area contributed by atoms with Crippen molar-refractivity contribution in [3.63, 3.8) is 0 Å². The molecule has 2 aromatic carbocycles. The van der Waals surface area contributed by atoms with E-state index in [9.17, 15) is 9.18 Å². The highest BCUT2D eigenvalue weighted by atomic mass is 19.1. The number of nitrogens with zero attached hydrogens (tertiary/aromatic N) is 3. The second kappa shape index (κ2) is 11.7. The smallest absolute Gasteiger partial charge is 0.311 e. The SMILES string of the molecule is CCOC(=O)C1(C)CCN(C2=NOC3(C2)CN(Cc2cc(C4=CCCCC4)c(-c4ccc(F)cc4)cc2OC)C3)CC1. The molecule has 42 heavy (non-hydrogen) atoms. The van der Waals surface area contributed by atoms with Crippen molar-refractivity contribution in [2.24, 2.45) is 10.6 Å². The van der Waals surface area contributed by atoms with Gasteiger partial charge in [-0.2, -0.15) is 0 Å². The van der Waals surface area contributed by atoms with Crippen LogP contribution in [0.2, 0.25) is 0 Å². The van der Waals surface area contributed by atoms with E-state index in [1.54, 1.807) is 7.11 Å². The summed E-state index contributed by atoms with van der Waals surface area (Å²) >= 11 is 0. The number of amidine groups is 1. The lowest BCUT2D eigenvalue weighted by Gasteiger charge is -2.46. The Bertz CT molecular complexity index is 1370. The molecular formula is C34H42FN3O4. The van der Waals surface area contributed by atoms with E-state index >= 15 is 0 Å². The number of hydrogen-bond donors (Lipinski definition) is 0. The maximum atomic E-state index is 13.7. The summed E-state index contributed by atoms with van der Waals surface area (Å²) in [7, 11) is 1.72. The summed E-state index contributed by atoms with van der Waals surface area (Å²) in [6.45, 7) is 8.22. The first-order chi connectivity index (χ1) is 20.3. The van der Waals surface area contributed by atoms with Gasteiger partial charge in [-0.05, 0) is 98.9 Å². The molecule has 3 aliphatic heterocycles. The van der Waals surface area contributed by atoms with Crippen LogP contribution in [0.5, 0.6) is 5.75 Å². The summed E-state index contributed by atoms with van der Waals surface area (Å²) < 4.78 is 24.9. The number of esters is 1. The van der Waals surface area contributed by atoms with Gasteiger partial charge in [0.2, 0.25) is 0 Å². The molecule has 0 amide bonds. The number of benzene rings is 2. The van der Waals surface area contributed by atoms with Crippen LogP contribution in [0, 0.1) is 11.2 Å². The summed E-state index contributed by atoms with van der Waals surface area (Å²) in [5.41, 5.74) is 5.10. The average Bonchev–Trinajstić information content (AvgIpc) is 3.44. The highest BCUT2D eigenvalue weighted by Crippen LogP contribution is 2.42. The number of allylic oxidation sites excluding steroid dienone is 2. The molecular weight excluding hydrogens is 533 g/mol. The van der Waals surface area contributed by atoms with E-state index < -0.39 is 5.41 Å². The van der Waals surface area contributed by atoms with E-state index in [-0.39, 0.29) is 17.4 Å². The molecule has 7 nitrogen and oxygen atoms in total. The number of rotatable bonds is 7. The van der Waals surface area contributed by atoms with Gasteiger partial charge in [0.25, 0.3) is 0 Å². The zero-order valence-electron chi connectivity index (χ0n) is 25.1. The Morgan fingerprint density at radius 1 is 1.10 bits per heavy atom. The first-order valence-corrected chi connectivity index (χ1v) is 15.4. The van der Waals surface area contributed by atoms with Gasteiger partial charge in [-0.25, -0.2) is 4.39 Å². The Kier molecular flexibility index (Phi) is 8.01. The molecule has 2 aromatic rings. The average molecular weight is 576 g/mol. The number of oxime groups is 1. The van der Waals surface area contributed by atoms with E-state index in [2.05, 4.69) is 33.2 Å². The quantitative estimate of drug-likeness (QED) is 0.356. The van der Waals surface area contributed by atoms with E-state index in [1.807, 2.05) is 26.0 Å². The molecule has 0 aromatic heterocycles. The predicted octanol–water partition coefficient (Wildman–Crippen LogP) is 6.41. The standard InChI is InChI=1S/C34H42FN3O4/c1-4-41-32(39)33(2)14-16-38(17-15-33)31-20-34(42-36-31)22-37(23-34)21-26-18-28(24-8-6-5-7-9-24)29(19-30(26)40-3)25-10-12-27(35)13-11-25/h8,10-13,18-19H,4-7,9,14-17,20-23H2,1-3H3. The lowest BCUT2D eigenvalue weighted by molar-refractivity contribution is -0.156. The van der Waals surface area contributed by atoms with Gasteiger partial charge in [0.05, 0.1) is 25.6 Å². The Morgan fingerprint density at radius 3 is 2.52 bits per heavy atom. The third kappa shape index (κ3) is 5.65. The molecule has 1 aliphatic carbocycles. The first-order valence-electron chi connectivity index (χ1n) is 15.4. The van der Waals surface area contributed by atoms with Gasteiger partial charge >= 0.3 is 5.97 Å². The van der Waals surface area contributed by atoms with Crippen LogP contribution in [0.3, 0.4) is 0 Å². The van der Waals surface area contributed by atoms with Gasteiger partial charge in [0, 0.05) is 38.3 Å². The van der Waals surface area contributed by atoms with Crippen molar-refractivity contribution >= 4 is 17.4 Å². The zero-order valence-corrected chi connectivity index (χ0v) is 25.1. The minimum Gasteiger partial charge on any atom is -0.496 e. The summed E-state index contributed by atoms with van der Waals surface area (Å²) in [5, 5.41) is 4.51. The normalized spacial score (nSPS) is 21.3.